The van der Waals surface area contributed by atoms with Gasteiger partial charge in [-0.15, -0.1) is 0 Å². The molecule has 0 aromatic heterocycles. The van der Waals surface area contributed by atoms with E-state index in [1.807, 2.05) is 6.07 Å². The Morgan fingerprint density at radius 2 is 1.93 bits per heavy atom. The summed E-state index contributed by atoms with van der Waals surface area (Å²) >= 11 is 11.4. The first-order chi connectivity index (χ1) is 14.5. The second-order valence-corrected chi connectivity index (χ2v) is 7.26. The first kappa shape index (κ1) is 22.0. The number of carbonyl (C=O) groups is 2. The lowest BCUT2D eigenvalue weighted by atomic mass is 10.1. The standard InChI is InChI=1S/C21H22ClN3O4S/c1-2-29-20(27)14-7-8-18(25-9-11-28-12-10-25)17(13-14)23-21(30)24-19(26)15-5-3-4-6-16(15)22/h3-8,13H,2,9-12H2,1H3,(H2,23,24,26,30). The summed E-state index contributed by atoms with van der Waals surface area (Å²) in [6.45, 7) is 4.63. The Hall–Kier alpha value is -2.68. The van der Waals surface area contributed by atoms with Crippen molar-refractivity contribution in [1.82, 2.24) is 5.32 Å². The number of nitrogens with one attached hydrogen (secondary N) is 2. The Morgan fingerprint density at radius 1 is 1.20 bits per heavy atom. The van der Waals surface area contributed by atoms with Gasteiger partial charge in [0.15, 0.2) is 5.11 Å². The molecule has 3 rings (SSSR count). The molecule has 1 aliphatic heterocycles. The summed E-state index contributed by atoms with van der Waals surface area (Å²) in [5.74, 6) is -0.854. The molecule has 0 spiro atoms. The molecule has 0 radical (unpaired) electrons. The lowest BCUT2D eigenvalue weighted by Gasteiger charge is -2.31. The molecular formula is C21H22ClN3O4S. The van der Waals surface area contributed by atoms with Crippen LogP contribution in [0.1, 0.15) is 27.6 Å². The van der Waals surface area contributed by atoms with Crippen LogP contribution in [-0.4, -0.2) is 49.9 Å². The first-order valence-electron chi connectivity index (χ1n) is 9.50. The van der Waals surface area contributed by atoms with Crippen molar-refractivity contribution in [3.63, 3.8) is 0 Å². The van der Waals surface area contributed by atoms with E-state index < -0.39 is 11.9 Å². The van der Waals surface area contributed by atoms with Gasteiger partial charge < -0.3 is 19.7 Å². The second-order valence-electron chi connectivity index (χ2n) is 6.44. The molecule has 2 N–H and O–H groups in total. The number of esters is 1. The highest BCUT2D eigenvalue weighted by Crippen LogP contribution is 2.28. The average Bonchev–Trinajstić information content (AvgIpc) is 2.74. The van der Waals surface area contributed by atoms with Crippen molar-refractivity contribution < 1.29 is 19.1 Å². The molecule has 9 heteroatoms. The van der Waals surface area contributed by atoms with Crippen LogP contribution >= 0.6 is 23.8 Å². The molecule has 7 nitrogen and oxygen atoms in total. The number of amides is 1. The van der Waals surface area contributed by atoms with Crippen molar-refractivity contribution in [1.29, 1.82) is 0 Å². The smallest absolute Gasteiger partial charge is 0.338 e. The molecule has 1 amide bonds. The van der Waals surface area contributed by atoms with Gasteiger partial charge in [-0.25, -0.2) is 4.79 Å². The minimum Gasteiger partial charge on any atom is -0.462 e. The minimum atomic E-state index is -0.430. The van der Waals surface area contributed by atoms with Crippen molar-refractivity contribution in [2.45, 2.75) is 6.92 Å². The number of anilines is 2. The molecule has 1 fully saturated rings. The van der Waals surface area contributed by atoms with Crippen LogP contribution in [0.5, 0.6) is 0 Å². The SMILES string of the molecule is CCOC(=O)c1ccc(N2CCOCC2)c(NC(=S)NC(=O)c2ccccc2Cl)c1. The van der Waals surface area contributed by atoms with E-state index in [2.05, 4.69) is 15.5 Å². The van der Waals surface area contributed by atoms with Gasteiger partial charge in [0.25, 0.3) is 5.91 Å². The van der Waals surface area contributed by atoms with Crippen LogP contribution in [0.15, 0.2) is 42.5 Å². The maximum Gasteiger partial charge on any atom is 0.338 e. The fourth-order valence-electron chi connectivity index (χ4n) is 3.03. The largest absolute Gasteiger partial charge is 0.462 e. The van der Waals surface area contributed by atoms with Gasteiger partial charge in [0.1, 0.15) is 0 Å². The topological polar surface area (TPSA) is 79.9 Å². The summed E-state index contributed by atoms with van der Waals surface area (Å²) in [6, 6.07) is 11.9. The molecule has 30 heavy (non-hydrogen) atoms. The number of nitrogens with zero attached hydrogens (tertiary/aromatic N) is 1. The third-order valence-electron chi connectivity index (χ3n) is 4.45. The molecule has 158 valence electrons. The van der Waals surface area contributed by atoms with Crippen LogP contribution in [0.25, 0.3) is 0 Å². The summed E-state index contributed by atoms with van der Waals surface area (Å²) in [5.41, 5.74) is 2.14. The summed E-state index contributed by atoms with van der Waals surface area (Å²) in [4.78, 5) is 26.8. The highest BCUT2D eigenvalue weighted by atomic mass is 35.5. The van der Waals surface area contributed by atoms with Crippen LogP contribution in [0, 0.1) is 0 Å². The van der Waals surface area contributed by atoms with Crippen molar-refractivity contribution >= 4 is 52.2 Å². The zero-order chi connectivity index (χ0) is 21.5. The van der Waals surface area contributed by atoms with E-state index in [-0.39, 0.29) is 11.7 Å². The summed E-state index contributed by atoms with van der Waals surface area (Å²) < 4.78 is 10.5. The van der Waals surface area contributed by atoms with E-state index in [1.165, 1.54) is 0 Å². The number of carbonyl (C=O) groups excluding carboxylic acids is 2. The number of hydrogen-bond acceptors (Lipinski definition) is 6. The number of morpholine rings is 1. The molecule has 0 bridgehead atoms. The van der Waals surface area contributed by atoms with Crippen molar-refractivity contribution in [3.05, 3.63) is 58.6 Å². The van der Waals surface area contributed by atoms with Gasteiger partial charge in [0, 0.05) is 13.1 Å². The summed E-state index contributed by atoms with van der Waals surface area (Å²) in [6.07, 6.45) is 0. The molecule has 0 aliphatic carbocycles. The van der Waals surface area contributed by atoms with Gasteiger partial charge in [-0.2, -0.15) is 0 Å². The van der Waals surface area contributed by atoms with Gasteiger partial charge in [-0.3, -0.25) is 10.1 Å². The van der Waals surface area contributed by atoms with E-state index in [9.17, 15) is 9.59 Å². The third kappa shape index (κ3) is 5.47. The Bertz CT molecular complexity index is 948. The van der Waals surface area contributed by atoms with Crippen LogP contribution in [0.3, 0.4) is 0 Å². The molecule has 1 aliphatic rings. The predicted octanol–water partition coefficient (Wildman–Crippen LogP) is 3.48. The third-order valence-corrected chi connectivity index (χ3v) is 4.99. The average molecular weight is 448 g/mol. The molecule has 2 aromatic carbocycles. The number of rotatable bonds is 5. The zero-order valence-corrected chi connectivity index (χ0v) is 18.0. The number of ether oxygens (including phenoxy) is 2. The van der Waals surface area contributed by atoms with Crippen LogP contribution in [-0.2, 0) is 9.47 Å². The Labute approximate surface area is 185 Å². The fourth-order valence-corrected chi connectivity index (χ4v) is 3.45. The highest BCUT2D eigenvalue weighted by Gasteiger charge is 2.19. The molecular weight excluding hydrogens is 426 g/mol. The molecule has 0 atom stereocenters. The molecule has 1 heterocycles. The monoisotopic (exact) mass is 447 g/mol. The molecule has 0 unspecified atom stereocenters. The fraction of sp³-hybridized carbons (Fsp3) is 0.286. The van der Waals surface area contributed by atoms with Crippen LogP contribution < -0.4 is 15.5 Å². The van der Waals surface area contributed by atoms with Gasteiger partial charge in [-0.1, -0.05) is 23.7 Å². The van der Waals surface area contributed by atoms with Gasteiger partial charge in [-0.05, 0) is 49.5 Å². The highest BCUT2D eigenvalue weighted by molar-refractivity contribution is 7.80. The minimum absolute atomic E-state index is 0.0930. The quantitative estimate of drug-likeness (QED) is 0.536. The maximum absolute atomic E-state index is 12.5. The Morgan fingerprint density at radius 3 is 2.63 bits per heavy atom. The molecule has 1 saturated heterocycles. The normalized spacial score (nSPS) is 13.5. The Balaban J connectivity index is 1.81. The zero-order valence-electron chi connectivity index (χ0n) is 16.4. The van der Waals surface area contributed by atoms with Gasteiger partial charge in [0.05, 0.1) is 47.3 Å². The van der Waals surface area contributed by atoms with E-state index in [1.54, 1.807) is 43.3 Å². The van der Waals surface area contributed by atoms with Gasteiger partial charge >= 0.3 is 5.97 Å². The lowest BCUT2D eigenvalue weighted by Crippen LogP contribution is -2.38. The van der Waals surface area contributed by atoms with E-state index >= 15 is 0 Å². The van der Waals surface area contributed by atoms with Crippen molar-refractivity contribution in [2.24, 2.45) is 0 Å². The first-order valence-corrected chi connectivity index (χ1v) is 10.3. The number of benzene rings is 2. The van der Waals surface area contributed by atoms with E-state index in [0.717, 1.165) is 5.69 Å². The van der Waals surface area contributed by atoms with Crippen molar-refractivity contribution in [2.75, 3.05) is 43.1 Å². The Kier molecular flexibility index (Phi) is 7.62. The predicted molar refractivity (Wildman–Crippen MR) is 121 cm³/mol. The van der Waals surface area contributed by atoms with E-state index in [4.69, 9.17) is 33.3 Å². The summed E-state index contributed by atoms with van der Waals surface area (Å²) in [7, 11) is 0. The maximum atomic E-state index is 12.5. The second kappa shape index (κ2) is 10.4. The number of thiocarbonyl (C=S) groups is 1. The molecule has 0 saturated carbocycles. The molecule has 2 aromatic rings. The number of hydrogen-bond donors (Lipinski definition) is 2. The van der Waals surface area contributed by atoms with E-state index in [0.29, 0.717) is 48.1 Å². The van der Waals surface area contributed by atoms with Crippen LogP contribution in [0.2, 0.25) is 5.02 Å². The lowest BCUT2D eigenvalue weighted by molar-refractivity contribution is 0.0526. The van der Waals surface area contributed by atoms with Crippen LogP contribution in [0.4, 0.5) is 11.4 Å². The number of halogens is 1. The summed E-state index contributed by atoms with van der Waals surface area (Å²) in [5, 5.41) is 6.08. The van der Waals surface area contributed by atoms with Gasteiger partial charge in [0.2, 0.25) is 0 Å². The van der Waals surface area contributed by atoms with Crippen molar-refractivity contribution in [3.8, 4) is 0 Å².